The van der Waals surface area contributed by atoms with Crippen LogP contribution in [0, 0.1) is 0 Å². The van der Waals surface area contributed by atoms with E-state index in [0.29, 0.717) is 9.90 Å². The molecule has 0 fully saturated rings. The summed E-state index contributed by atoms with van der Waals surface area (Å²) in [6, 6.07) is 12.3. The van der Waals surface area contributed by atoms with Gasteiger partial charge in [0.1, 0.15) is 10.6 Å². The first-order chi connectivity index (χ1) is 10.1. The minimum Gasteiger partial charge on any atom is -0.506 e. The topological polar surface area (TPSA) is 49.3 Å². The molecule has 0 radical (unpaired) electrons. The Hall–Kier alpha value is -1.56. The maximum Gasteiger partial charge on any atom is 0.267 e. The summed E-state index contributed by atoms with van der Waals surface area (Å²) in [6.07, 6.45) is 0. The van der Waals surface area contributed by atoms with Crippen molar-refractivity contribution in [3.8, 4) is 5.75 Å². The molecule has 0 bridgehead atoms. The van der Waals surface area contributed by atoms with Crippen molar-refractivity contribution < 1.29 is 9.90 Å². The standard InChI is InChI=1S/C15H9BrClNO2S/c16-13-9-3-1-2-4-12(9)21-14(13)15(20)18-10-7-8(17)5-6-11(10)19/h1-7,19H,(H,18,20). The molecule has 0 atom stereocenters. The third kappa shape index (κ3) is 2.77. The van der Waals surface area contributed by atoms with Crippen molar-refractivity contribution in [2.24, 2.45) is 0 Å². The summed E-state index contributed by atoms with van der Waals surface area (Å²) in [4.78, 5) is 12.9. The fraction of sp³-hybridized carbons (Fsp3) is 0. The lowest BCUT2D eigenvalue weighted by Crippen LogP contribution is -2.10. The van der Waals surface area contributed by atoms with Crippen LogP contribution in [0.3, 0.4) is 0 Å². The summed E-state index contributed by atoms with van der Waals surface area (Å²) in [5, 5.41) is 13.9. The Morgan fingerprint density at radius 1 is 1.24 bits per heavy atom. The minimum absolute atomic E-state index is 0.0232. The van der Waals surface area contributed by atoms with Gasteiger partial charge >= 0.3 is 0 Å². The normalized spacial score (nSPS) is 10.8. The van der Waals surface area contributed by atoms with Crippen molar-refractivity contribution in [2.75, 3.05) is 5.32 Å². The summed E-state index contributed by atoms with van der Waals surface area (Å²) < 4.78 is 1.77. The number of phenolic OH excluding ortho intramolecular Hbond substituents is 1. The van der Waals surface area contributed by atoms with Crippen LogP contribution in [-0.2, 0) is 0 Å². The maximum atomic E-state index is 12.4. The summed E-state index contributed by atoms with van der Waals surface area (Å²) >= 11 is 10.7. The zero-order valence-electron chi connectivity index (χ0n) is 10.6. The lowest BCUT2D eigenvalue weighted by atomic mass is 10.2. The second-order valence-corrected chi connectivity index (χ2v) is 6.64. The van der Waals surface area contributed by atoms with Crippen molar-refractivity contribution in [2.45, 2.75) is 0 Å². The second-order valence-electron chi connectivity index (χ2n) is 4.36. The van der Waals surface area contributed by atoms with Gasteiger partial charge in [-0.2, -0.15) is 0 Å². The van der Waals surface area contributed by atoms with Crippen LogP contribution in [0.5, 0.6) is 5.75 Å². The molecule has 0 spiro atoms. The van der Waals surface area contributed by atoms with Crippen LogP contribution < -0.4 is 5.32 Å². The Morgan fingerprint density at radius 3 is 2.76 bits per heavy atom. The van der Waals surface area contributed by atoms with E-state index in [-0.39, 0.29) is 17.3 Å². The molecule has 0 unspecified atom stereocenters. The van der Waals surface area contributed by atoms with Crippen molar-refractivity contribution >= 4 is 60.5 Å². The molecule has 1 aromatic heterocycles. The number of fused-ring (bicyclic) bond motifs is 1. The van der Waals surface area contributed by atoms with Crippen molar-refractivity contribution in [1.29, 1.82) is 0 Å². The Kier molecular flexibility index (Phi) is 3.89. The van der Waals surface area contributed by atoms with E-state index in [1.54, 1.807) is 6.07 Å². The number of nitrogens with one attached hydrogen (secondary N) is 1. The van der Waals surface area contributed by atoms with Gasteiger partial charge in [0.15, 0.2) is 0 Å². The van der Waals surface area contributed by atoms with Crippen molar-refractivity contribution in [1.82, 2.24) is 0 Å². The maximum absolute atomic E-state index is 12.4. The van der Waals surface area contributed by atoms with Crippen molar-refractivity contribution in [3.63, 3.8) is 0 Å². The highest BCUT2D eigenvalue weighted by molar-refractivity contribution is 9.10. The van der Waals surface area contributed by atoms with Gasteiger partial charge < -0.3 is 10.4 Å². The molecule has 2 N–H and O–H groups in total. The number of carbonyl (C=O) groups excluding carboxylic acids is 1. The van der Waals surface area contributed by atoms with Gasteiger partial charge in [-0.05, 0) is 40.2 Å². The lowest BCUT2D eigenvalue weighted by molar-refractivity contribution is 0.102. The first kappa shape index (κ1) is 14.4. The van der Waals surface area contributed by atoms with Gasteiger partial charge in [-0.25, -0.2) is 0 Å². The number of carbonyl (C=O) groups is 1. The van der Waals surface area contributed by atoms with Crippen LogP contribution in [-0.4, -0.2) is 11.0 Å². The molecule has 1 amide bonds. The Labute approximate surface area is 138 Å². The molecule has 2 aromatic carbocycles. The molecular formula is C15H9BrClNO2S. The average Bonchev–Trinajstić information content (AvgIpc) is 2.81. The fourth-order valence-corrected chi connectivity index (χ4v) is 4.01. The molecule has 106 valence electrons. The van der Waals surface area contributed by atoms with E-state index < -0.39 is 0 Å². The number of anilines is 1. The quantitative estimate of drug-likeness (QED) is 0.593. The number of aromatic hydroxyl groups is 1. The molecule has 3 rings (SSSR count). The Balaban J connectivity index is 1.97. The van der Waals surface area contributed by atoms with Gasteiger partial charge in [0.05, 0.1) is 5.69 Å². The second kappa shape index (κ2) is 5.67. The van der Waals surface area contributed by atoms with E-state index in [9.17, 15) is 9.90 Å². The van der Waals surface area contributed by atoms with E-state index in [1.807, 2.05) is 24.3 Å². The van der Waals surface area contributed by atoms with Crippen LogP contribution in [0.1, 0.15) is 9.67 Å². The van der Waals surface area contributed by atoms with Crippen LogP contribution in [0.15, 0.2) is 46.9 Å². The number of benzene rings is 2. The smallest absolute Gasteiger partial charge is 0.267 e. The van der Waals surface area contributed by atoms with Gasteiger partial charge in [-0.3, -0.25) is 4.79 Å². The number of amides is 1. The number of thiophene rings is 1. The predicted molar refractivity (Wildman–Crippen MR) is 90.6 cm³/mol. The lowest BCUT2D eigenvalue weighted by Gasteiger charge is -2.06. The third-order valence-corrected chi connectivity index (χ3v) is 5.44. The van der Waals surface area contributed by atoms with E-state index in [4.69, 9.17) is 11.6 Å². The third-order valence-electron chi connectivity index (χ3n) is 2.95. The SMILES string of the molecule is O=C(Nc1cc(Cl)ccc1O)c1sc2ccccc2c1Br. The van der Waals surface area contributed by atoms with E-state index >= 15 is 0 Å². The van der Waals surface area contributed by atoms with Crippen LogP contribution in [0.25, 0.3) is 10.1 Å². The largest absolute Gasteiger partial charge is 0.506 e. The van der Waals surface area contributed by atoms with E-state index in [0.717, 1.165) is 14.6 Å². The van der Waals surface area contributed by atoms with Crippen LogP contribution in [0.4, 0.5) is 5.69 Å². The van der Waals surface area contributed by atoms with Crippen LogP contribution in [0.2, 0.25) is 5.02 Å². The monoisotopic (exact) mass is 381 g/mol. The molecule has 0 aliphatic heterocycles. The molecule has 0 saturated heterocycles. The van der Waals surface area contributed by atoms with Gasteiger partial charge in [-0.15, -0.1) is 11.3 Å². The highest BCUT2D eigenvalue weighted by atomic mass is 79.9. The molecular weight excluding hydrogens is 374 g/mol. The summed E-state index contributed by atoms with van der Waals surface area (Å²) in [7, 11) is 0. The minimum atomic E-state index is -0.291. The molecule has 0 aliphatic rings. The highest BCUT2D eigenvalue weighted by Gasteiger charge is 2.17. The summed E-state index contributed by atoms with van der Waals surface area (Å²) in [5.41, 5.74) is 0.289. The number of hydrogen-bond donors (Lipinski definition) is 2. The fourth-order valence-electron chi connectivity index (χ4n) is 1.95. The molecule has 21 heavy (non-hydrogen) atoms. The van der Waals surface area contributed by atoms with Gasteiger partial charge in [-0.1, -0.05) is 29.8 Å². The summed E-state index contributed by atoms with van der Waals surface area (Å²) in [6.45, 7) is 0. The first-order valence-corrected chi connectivity index (χ1v) is 8.02. The molecule has 6 heteroatoms. The summed E-state index contributed by atoms with van der Waals surface area (Å²) in [5.74, 6) is -0.314. The van der Waals surface area contributed by atoms with Gasteiger partial charge in [0, 0.05) is 19.6 Å². The zero-order valence-corrected chi connectivity index (χ0v) is 13.7. The molecule has 3 nitrogen and oxygen atoms in total. The van der Waals surface area contributed by atoms with Gasteiger partial charge in [0.25, 0.3) is 5.91 Å². The number of halogens is 2. The first-order valence-electron chi connectivity index (χ1n) is 6.03. The highest BCUT2D eigenvalue weighted by Crippen LogP contribution is 2.36. The zero-order chi connectivity index (χ0) is 15.0. The average molecular weight is 383 g/mol. The van der Waals surface area contributed by atoms with E-state index in [2.05, 4.69) is 21.2 Å². The Bertz CT molecular complexity index is 847. The number of phenols is 1. The number of rotatable bonds is 2. The number of hydrogen-bond acceptors (Lipinski definition) is 3. The van der Waals surface area contributed by atoms with Crippen LogP contribution >= 0.6 is 38.9 Å². The van der Waals surface area contributed by atoms with E-state index in [1.165, 1.54) is 23.5 Å². The van der Waals surface area contributed by atoms with Crippen molar-refractivity contribution in [3.05, 3.63) is 56.8 Å². The Morgan fingerprint density at radius 2 is 2.00 bits per heavy atom. The molecule has 0 saturated carbocycles. The predicted octanol–water partition coefficient (Wildman–Crippen LogP) is 5.28. The molecule has 3 aromatic rings. The molecule has 0 aliphatic carbocycles. The molecule has 1 heterocycles. The van der Waals surface area contributed by atoms with Gasteiger partial charge in [0.2, 0.25) is 0 Å².